The molecule has 0 atom stereocenters. The van der Waals surface area contributed by atoms with Gasteiger partial charge in [-0.3, -0.25) is 4.90 Å². The molecule has 4 nitrogen and oxygen atoms in total. The summed E-state index contributed by atoms with van der Waals surface area (Å²) in [6.45, 7) is 2.85. The average molecular weight is 235 g/mol. The molecule has 2 aromatic heterocycles. The lowest BCUT2D eigenvalue weighted by molar-refractivity contribution is 0.141. The van der Waals surface area contributed by atoms with Crippen LogP contribution in [0.25, 0.3) is 10.8 Å². The molecular formula is C11H13N3OS. The van der Waals surface area contributed by atoms with E-state index in [-0.39, 0.29) is 0 Å². The van der Waals surface area contributed by atoms with Gasteiger partial charge in [-0.25, -0.2) is 4.98 Å². The summed E-state index contributed by atoms with van der Waals surface area (Å²) >= 11 is 1.62. The monoisotopic (exact) mass is 235 g/mol. The maximum Gasteiger partial charge on any atom is 0.162 e. The maximum atomic E-state index is 5.73. The largest absolute Gasteiger partial charge is 0.462 e. The molecule has 1 saturated heterocycles. The maximum absolute atomic E-state index is 5.73. The van der Waals surface area contributed by atoms with Gasteiger partial charge < -0.3 is 10.2 Å². The first-order valence-electron chi connectivity index (χ1n) is 5.27. The normalized spacial score (nSPS) is 17.6. The van der Waals surface area contributed by atoms with Crippen molar-refractivity contribution >= 4 is 11.3 Å². The fourth-order valence-electron chi connectivity index (χ4n) is 1.86. The molecule has 1 aliphatic heterocycles. The van der Waals surface area contributed by atoms with Crippen molar-refractivity contribution in [1.29, 1.82) is 0 Å². The molecule has 1 fully saturated rings. The molecule has 0 aliphatic carbocycles. The molecule has 0 unspecified atom stereocenters. The second-order valence-electron chi connectivity index (χ2n) is 4.08. The van der Waals surface area contributed by atoms with Crippen molar-refractivity contribution in [3.63, 3.8) is 0 Å². The van der Waals surface area contributed by atoms with Crippen LogP contribution in [0.5, 0.6) is 0 Å². The summed E-state index contributed by atoms with van der Waals surface area (Å²) in [6, 6.07) is 4.16. The van der Waals surface area contributed by atoms with Gasteiger partial charge in [-0.15, -0.1) is 11.3 Å². The molecule has 0 saturated carbocycles. The zero-order chi connectivity index (χ0) is 11.0. The average Bonchev–Trinajstić information content (AvgIpc) is 2.84. The number of nitrogens with two attached hydrogens (primary N) is 1. The minimum Gasteiger partial charge on any atom is -0.462 e. The van der Waals surface area contributed by atoms with Crippen LogP contribution in [0.2, 0.25) is 0 Å². The van der Waals surface area contributed by atoms with Gasteiger partial charge in [0.2, 0.25) is 0 Å². The molecule has 3 heterocycles. The summed E-state index contributed by atoms with van der Waals surface area (Å²) in [7, 11) is 0. The molecule has 5 heteroatoms. The number of nitrogens with zero attached hydrogens (tertiary/aromatic N) is 2. The first kappa shape index (κ1) is 10.0. The van der Waals surface area contributed by atoms with Crippen LogP contribution in [-0.4, -0.2) is 29.0 Å². The lowest BCUT2D eigenvalue weighted by Crippen LogP contribution is -2.54. The Bertz CT molecular complexity index is 459. The van der Waals surface area contributed by atoms with Crippen LogP contribution in [0.3, 0.4) is 0 Å². The molecule has 0 radical (unpaired) electrons. The van der Waals surface area contributed by atoms with Crippen LogP contribution in [-0.2, 0) is 6.54 Å². The van der Waals surface area contributed by atoms with Crippen LogP contribution in [0, 0.1) is 0 Å². The fourth-order valence-corrected chi connectivity index (χ4v) is 2.64. The molecule has 3 rings (SSSR count). The van der Waals surface area contributed by atoms with E-state index in [0.717, 1.165) is 36.1 Å². The zero-order valence-electron chi connectivity index (χ0n) is 8.80. The highest BCUT2D eigenvalue weighted by atomic mass is 32.1. The molecule has 2 N–H and O–H groups in total. The molecule has 0 aromatic carbocycles. The third-order valence-corrected chi connectivity index (χ3v) is 3.56. The third-order valence-electron chi connectivity index (χ3n) is 2.65. The van der Waals surface area contributed by atoms with Crippen LogP contribution in [0.1, 0.15) is 5.69 Å². The van der Waals surface area contributed by atoms with E-state index in [4.69, 9.17) is 10.2 Å². The first-order chi connectivity index (χ1) is 7.81. The molecule has 0 spiro atoms. The van der Waals surface area contributed by atoms with Gasteiger partial charge in [0.1, 0.15) is 0 Å². The molecule has 0 bridgehead atoms. The summed E-state index contributed by atoms with van der Waals surface area (Å²) in [5, 5.41) is 3.03. The number of likely N-dealkylation sites (tertiary alicyclic amines) is 1. The van der Waals surface area contributed by atoms with Crippen molar-refractivity contribution in [2.75, 3.05) is 13.1 Å². The molecule has 0 amide bonds. The Morgan fingerprint density at radius 2 is 2.44 bits per heavy atom. The van der Waals surface area contributed by atoms with Crippen LogP contribution in [0.15, 0.2) is 28.2 Å². The fraction of sp³-hybridized carbons (Fsp3) is 0.364. The second-order valence-corrected chi connectivity index (χ2v) is 4.93. The number of thiazole rings is 1. The van der Waals surface area contributed by atoms with E-state index >= 15 is 0 Å². The number of furan rings is 1. The SMILES string of the molecule is NC1CN(Cc2csc(-c3ccco3)n2)C1. The van der Waals surface area contributed by atoms with Crippen LogP contribution >= 0.6 is 11.3 Å². The summed E-state index contributed by atoms with van der Waals surface area (Å²) in [5.41, 5.74) is 6.83. The van der Waals surface area contributed by atoms with Crippen molar-refractivity contribution in [1.82, 2.24) is 9.88 Å². The molecule has 1 aliphatic rings. The van der Waals surface area contributed by atoms with Gasteiger partial charge in [0.15, 0.2) is 10.8 Å². The van der Waals surface area contributed by atoms with Crippen molar-refractivity contribution in [2.45, 2.75) is 12.6 Å². The third kappa shape index (κ3) is 1.89. The Labute approximate surface area is 97.7 Å². The summed E-state index contributed by atoms with van der Waals surface area (Å²) in [5.74, 6) is 0.844. The number of hydrogen-bond donors (Lipinski definition) is 1. The highest BCUT2D eigenvalue weighted by molar-refractivity contribution is 7.13. The predicted molar refractivity (Wildman–Crippen MR) is 63.1 cm³/mol. The van der Waals surface area contributed by atoms with Crippen molar-refractivity contribution in [3.05, 3.63) is 29.5 Å². The van der Waals surface area contributed by atoms with E-state index in [2.05, 4.69) is 15.3 Å². The van der Waals surface area contributed by atoms with E-state index in [1.54, 1.807) is 17.6 Å². The van der Waals surface area contributed by atoms with Gasteiger partial charge in [0, 0.05) is 31.1 Å². The predicted octanol–water partition coefficient (Wildman–Crippen LogP) is 1.55. The smallest absolute Gasteiger partial charge is 0.162 e. The zero-order valence-corrected chi connectivity index (χ0v) is 9.61. The second kappa shape index (κ2) is 4.01. The van der Waals surface area contributed by atoms with Crippen molar-refractivity contribution < 1.29 is 4.42 Å². The molecule has 84 valence electrons. The Morgan fingerprint density at radius 1 is 1.56 bits per heavy atom. The minimum atomic E-state index is 0.350. The number of aromatic nitrogens is 1. The Balaban J connectivity index is 1.69. The lowest BCUT2D eigenvalue weighted by Gasteiger charge is -2.36. The molecular weight excluding hydrogens is 222 g/mol. The van der Waals surface area contributed by atoms with Gasteiger partial charge >= 0.3 is 0 Å². The van der Waals surface area contributed by atoms with Gasteiger partial charge in [-0.1, -0.05) is 0 Å². The Hall–Kier alpha value is -1.17. The standard InChI is InChI=1S/C11H13N3OS/c12-8-4-14(5-8)6-9-7-16-11(13-9)10-2-1-3-15-10/h1-3,7-8H,4-6,12H2. The topological polar surface area (TPSA) is 55.3 Å². The van der Waals surface area contributed by atoms with Gasteiger partial charge in [-0.05, 0) is 12.1 Å². The van der Waals surface area contributed by atoms with E-state index in [1.165, 1.54) is 0 Å². The Morgan fingerprint density at radius 3 is 3.12 bits per heavy atom. The van der Waals surface area contributed by atoms with Crippen LogP contribution in [0.4, 0.5) is 0 Å². The van der Waals surface area contributed by atoms with E-state index in [0.29, 0.717) is 6.04 Å². The number of rotatable bonds is 3. The van der Waals surface area contributed by atoms with E-state index in [9.17, 15) is 0 Å². The summed E-state index contributed by atoms with van der Waals surface area (Å²) in [6.07, 6.45) is 1.67. The summed E-state index contributed by atoms with van der Waals surface area (Å²) in [4.78, 5) is 6.84. The van der Waals surface area contributed by atoms with Crippen molar-refractivity contribution in [3.8, 4) is 10.8 Å². The highest BCUT2D eigenvalue weighted by Gasteiger charge is 2.23. The van der Waals surface area contributed by atoms with E-state index < -0.39 is 0 Å². The van der Waals surface area contributed by atoms with E-state index in [1.807, 2.05) is 12.1 Å². The first-order valence-corrected chi connectivity index (χ1v) is 6.15. The summed E-state index contributed by atoms with van der Waals surface area (Å²) < 4.78 is 5.31. The van der Waals surface area contributed by atoms with Gasteiger partial charge in [0.25, 0.3) is 0 Å². The highest BCUT2D eigenvalue weighted by Crippen LogP contribution is 2.25. The molecule has 16 heavy (non-hydrogen) atoms. The lowest BCUT2D eigenvalue weighted by atomic mass is 10.1. The minimum absolute atomic E-state index is 0.350. The molecule has 2 aromatic rings. The van der Waals surface area contributed by atoms with Crippen LogP contribution < -0.4 is 5.73 Å². The van der Waals surface area contributed by atoms with Gasteiger partial charge in [0.05, 0.1) is 12.0 Å². The van der Waals surface area contributed by atoms with Crippen molar-refractivity contribution in [2.24, 2.45) is 5.73 Å². The van der Waals surface area contributed by atoms with Gasteiger partial charge in [-0.2, -0.15) is 0 Å². The Kier molecular flexibility index (Phi) is 2.51. The quantitative estimate of drug-likeness (QED) is 0.877. The number of hydrogen-bond acceptors (Lipinski definition) is 5.